The van der Waals surface area contributed by atoms with Gasteiger partial charge in [-0.1, -0.05) is 43.4 Å². The van der Waals surface area contributed by atoms with Gasteiger partial charge in [0.2, 0.25) is 5.91 Å². The van der Waals surface area contributed by atoms with E-state index in [2.05, 4.69) is 42.2 Å². The van der Waals surface area contributed by atoms with E-state index in [0.29, 0.717) is 11.3 Å². The number of allylic oxidation sites excluding steroid dienone is 2. The van der Waals surface area contributed by atoms with Crippen molar-refractivity contribution in [1.82, 2.24) is 4.98 Å². The van der Waals surface area contributed by atoms with Crippen molar-refractivity contribution in [1.29, 1.82) is 0 Å². The van der Waals surface area contributed by atoms with E-state index >= 15 is 0 Å². The molecule has 0 aliphatic carbocycles. The van der Waals surface area contributed by atoms with E-state index in [4.69, 9.17) is 5.73 Å². The summed E-state index contributed by atoms with van der Waals surface area (Å²) >= 11 is 0. The van der Waals surface area contributed by atoms with Crippen LogP contribution in [0.5, 0.6) is 0 Å². The first-order valence-corrected chi connectivity index (χ1v) is 9.58. The van der Waals surface area contributed by atoms with Crippen molar-refractivity contribution in [3.63, 3.8) is 0 Å². The van der Waals surface area contributed by atoms with Gasteiger partial charge in [0.1, 0.15) is 5.69 Å². The Bertz CT molecular complexity index is 557. The van der Waals surface area contributed by atoms with Crippen molar-refractivity contribution in [2.75, 3.05) is 0 Å². The molecular weight excluding hydrogens is 252 g/mol. The van der Waals surface area contributed by atoms with Crippen molar-refractivity contribution >= 4 is 14.0 Å². The molecular formula is C15H18N2OSi. The minimum atomic E-state index is -1.34. The van der Waals surface area contributed by atoms with Crippen LogP contribution in [-0.4, -0.2) is 19.0 Å². The number of pyridine rings is 1. The summed E-state index contributed by atoms with van der Waals surface area (Å²) < 4.78 is 0. The third kappa shape index (κ3) is 7.01. The van der Waals surface area contributed by atoms with E-state index in [1.54, 1.807) is 6.20 Å². The fourth-order valence-corrected chi connectivity index (χ4v) is 1.87. The molecule has 0 unspecified atom stereocenters. The molecule has 0 saturated heterocycles. The van der Waals surface area contributed by atoms with Crippen LogP contribution in [0, 0.1) is 11.8 Å². The summed E-state index contributed by atoms with van der Waals surface area (Å²) in [5.74, 6) is 5.34. The standard InChI is InChI=1S/C15H18N2OSi/c1-19(2,3)11-9-13(12-15(16)18)7-8-14-6-4-5-10-17-14/h4-6,9-12H,1-3H3,(H2,16,18)/b11-9+,13-12+. The molecule has 0 bridgehead atoms. The molecule has 98 valence electrons. The number of nitrogens with zero attached hydrogens (tertiary/aromatic N) is 1. The van der Waals surface area contributed by atoms with Crippen LogP contribution in [0.4, 0.5) is 0 Å². The number of hydrogen-bond donors (Lipinski definition) is 1. The van der Waals surface area contributed by atoms with Crippen molar-refractivity contribution in [3.8, 4) is 11.8 Å². The highest BCUT2D eigenvalue weighted by Crippen LogP contribution is 2.05. The molecule has 0 radical (unpaired) electrons. The zero-order chi connectivity index (χ0) is 14.3. The Morgan fingerprint density at radius 2 is 2.11 bits per heavy atom. The second-order valence-electron chi connectivity index (χ2n) is 5.17. The number of amides is 1. The number of carbonyl (C=O) groups excluding carboxylic acids is 1. The molecule has 2 N–H and O–H groups in total. The van der Waals surface area contributed by atoms with Gasteiger partial charge in [0.25, 0.3) is 0 Å². The average Bonchev–Trinajstić information content (AvgIpc) is 2.32. The van der Waals surface area contributed by atoms with Crippen LogP contribution in [-0.2, 0) is 4.79 Å². The number of hydrogen-bond acceptors (Lipinski definition) is 2. The highest BCUT2D eigenvalue weighted by Gasteiger charge is 2.06. The van der Waals surface area contributed by atoms with Crippen LogP contribution in [0.3, 0.4) is 0 Å². The normalized spacial score (nSPS) is 12.1. The van der Waals surface area contributed by atoms with Crippen LogP contribution in [0.15, 0.2) is 47.8 Å². The summed E-state index contributed by atoms with van der Waals surface area (Å²) in [6, 6.07) is 5.51. The maximum absolute atomic E-state index is 11.0. The number of rotatable bonds is 3. The predicted molar refractivity (Wildman–Crippen MR) is 80.9 cm³/mol. The Balaban J connectivity index is 2.98. The summed E-state index contributed by atoms with van der Waals surface area (Å²) in [7, 11) is -1.34. The average molecular weight is 270 g/mol. The van der Waals surface area contributed by atoms with Gasteiger partial charge in [0.05, 0.1) is 8.07 Å². The summed E-state index contributed by atoms with van der Waals surface area (Å²) in [6.45, 7) is 6.62. The smallest absolute Gasteiger partial charge is 0.242 e. The summed E-state index contributed by atoms with van der Waals surface area (Å²) in [6.07, 6.45) is 4.89. The molecule has 1 heterocycles. The minimum absolute atomic E-state index is 0.495. The molecule has 0 aliphatic heterocycles. The van der Waals surface area contributed by atoms with Crippen LogP contribution >= 0.6 is 0 Å². The van der Waals surface area contributed by atoms with Crippen LogP contribution in [0.1, 0.15) is 5.69 Å². The van der Waals surface area contributed by atoms with Gasteiger partial charge in [-0.15, -0.1) is 0 Å². The van der Waals surface area contributed by atoms with Crippen molar-refractivity contribution in [2.24, 2.45) is 5.73 Å². The van der Waals surface area contributed by atoms with E-state index in [1.165, 1.54) is 6.08 Å². The van der Waals surface area contributed by atoms with Gasteiger partial charge in [0.15, 0.2) is 0 Å². The van der Waals surface area contributed by atoms with Crippen LogP contribution < -0.4 is 5.73 Å². The van der Waals surface area contributed by atoms with Gasteiger partial charge in [-0.2, -0.15) is 0 Å². The Kier molecular flexibility index (Phi) is 5.28. The maximum atomic E-state index is 11.0. The lowest BCUT2D eigenvalue weighted by Crippen LogP contribution is -2.15. The molecule has 1 rings (SSSR count). The topological polar surface area (TPSA) is 56.0 Å². The fourth-order valence-electron chi connectivity index (χ4n) is 1.19. The monoisotopic (exact) mass is 270 g/mol. The molecule has 1 aromatic rings. The van der Waals surface area contributed by atoms with Crippen molar-refractivity contribution in [2.45, 2.75) is 19.6 Å². The van der Waals surface area contributed by atoms with E-state index < -0.39 is 14.0 Å². The Hall–Kier alpha value is -2.12. The first kappa shape index (κ1) is 14.9. The summed E-state index contributed by atoms with van der Waals surface area (Å²) in [4.78, 5) is 15.1. The first-order chi connectivity index (χ1) is 8.87. The third-order valence-electron chi connectivity index (χ3n) is 2.06. The van der Waals surface area contributed by atoms with Gasteiger partial charge in [-0.05, 0) is 18.1 Å². The lowest BCUT2D eigenvalue weighted by atomic mass is 10.2. The quantitative estimate of drug-likeness (QED) is 0.396. The lowest BCUT2D eigenvalue weighted by Gasteiger charge is -2.07. The molecule has 0 atom stereocenters. The highest BCUT2D eigenvalue weighted by molar-refractivity contribution is 6.81. The van der Waals surface area contributed by atoms with E-state index in [0.717, 1.165) is 0 Å². The lowest BCUT2D eigenvalue weighted by molar-refractivity contribution is -0.113. The molecule has 0 saturated carbocycles. The van der Waals surface area contributed by atoms with Crippen molar-refractivity contribution < 1.29 is 4.79 Å². The molecule has 3 nitrogen and oxygen atoms in total. The number of carbonyl (C=O) groups is 1. The van der Waals surface area contributed by atoms with Crippen molar-refractivity contribution in [3.05, 3.63) is 53.5 Å². The zero-order valence-electron chi connectivity index (χ0n) is 11.5. The molecule has 0 aliphatic rings. The molecule has 1 amide bonds. The van der Waals surface area contributed by atoms with Gasteiger partial charge < -0.3 is 5.73 Å². The summed E-state index contributed by atoms with van der Waals surface area (Å²) in [5, 5.41) is 0. The highest BCUT2D eigenvalue weighted by atomic mass is 28.3. The molecule has 0 aromatic carbocycles. The SMILES string of the molecule is C[Si](C)(C)/C=C/C(C#Cc1ccccn1)=C/C(N)=O. The third-order valence-corrected chi connectivity index (χ3v) is 3.23. The molecule has 4 heteroatoms. The molecule has 1 aromatic heterocycles. The largest absolute Gasteiger partial charge is 0.366 e. The van der Waals surface area contributed by atoms with Crippen LogP contribution in [0.25, 0.3) is 0 Å². The second kappa shape index (κ2) is 6.71. The second-order valence-corrected chi connectivity index (χ2v) is 10.2. The fraction of sp³-hybridized carbons (Fsp3) is 0.200. The number of primary amides is 1. The van der Waals surface area contributed by atoms with E-state index in [9.17, 15) is 4.79 Å². The van der Waals surface area contributed by atoms with E-state index in [1.807, 2.05) is 24.3 Å². The molecule has 0 fully saturated rings. The zero-order valence-corrected chi connectivity index (χ0v) is 12.5. The summed E-state index contributed by atoms with van der Waals surface area (Å²) in [5.41, 5.74) is 8.58. The Morgan fingerprint density at radius 1 is 1.37 bits per heavy atom. The minimum Gasteiger partial charge on any atom is -0.366 e. The molecule has 0 spiro atoms. The predicted octanol–water partition coefficient (Wildman–Crippen LogP) is 2.28. The molecule has 19 heavy (non-hydrogen) atoms. The number of aromatic nitrogens is 1. The van der Waals surface area contributed by atoms with Gasteiger partial charge in [-0.3, -0.25) is 4.79 Å². The van der Waals surface area contributed by atoms with Gasteiger partial charge in [0, 0.05) is 17.8 Å². The van der Waals surface area contributed by atoms with Gasteiger partial charge in [-0.25, -0.2) is 4.98 Å². The first-order valence-electron chi connectivity index (χ1n) is 6.00. The Morgan fingerprint density at radius 3 is 2.63 bits per heavy atom. The van der Waals surface area contributed by atoms with E-state index in [-0.39, 0.29) is 0 Å². The van der Waals surface area contributed by atoms with Gasteiger partial charge >= 0.3 is 0 Å². The number of nitrogens with two attached hydrogens (primary N) is 1. The van der Waals surface area contributed by atoms with Crippen LogP contribution in [0.2, 0.25) is 19.6 Å². The maximum Gasteiger partial charge on any atom is 0.242 e. The Labute approximate surface area is 115 Å².